The lowest BCUT2D eigenvalue weighted by Crippen LogP contribution is -1.90. The largest absolute Gasteiger partial charge is 0.187 e. The van der Waals surface area contributed by atoms with Crippen molar-refractivity contribution in [2.24, 2.45) is 7.05 Å². The van der Waals surface area contributed by atoms with Gasteiger partial charge in [-0.1, -0.05) is 46.4 Å². The first-order chi connectivity index (χ1) is 6.52. The third-order valence-electron chi connectivity index (χ3n) is 1.71. The number of nitrogens with zero attached hydrogens (tertiary/aromatic N) is 3. The maximum Gasteiger partial charge on any atom is 0.134 e. The minimum Gasteiger partial charge on any atom is -0.187 e. The summed E-state index contributed by atoms with van der Waals surface area (Å²) in [6, 6.07) is 0. The highest BCUT2D eigenvalue weighted by molar-refractivity contribution is 6.54. The van der Waals surface area contributed by atoms with Gasteiger partial charge in [-0.2, -0.15) is 15.0 Å². The van der Waals surface area contributed by atoms with Crippen molar-refractivity contribution in [2.75, 3.05) is 0 Å². The highest BCUT2D eigenvalue weighted by Gasteiger charge is 2.18. The van der Waals surface area contributed by atoms with E-state index in [1.165, 1.54) is 4.80 Å². The third-order valence-corrected chi connectivity index (χ3v) is 3.49. The molecule has 0 unspecified atom stereocenters. The molecule has 0 fully saturated rings. The molecule has 0 aliphatic carbocycles. The second-order valence-electron chi connectivity index (χ2n) is 2.64. The monoisotopic (exact) mass is 269 g/mol. The molecule has 0 N–H and O–H groups in total. The topological polar surface area (TPSA) is 30.7 Å². The number of halogens is 4. The SMILES string of the molecule is Cn1nc2c(Cl)c(Cl)c(Cl)c(Cl)c2n1. The van der Waals surface area contributed by atoms with Crippen LogP contribution in [0.25, 0.3) is 11.0 Å². The summed E-state index contributed by atoms with van der Waals surface area (Å²) in [5.41, 5.74) is 0.905. The van der Waals surface area contributed by atoms with Crippen LogP contribution in [0.15, 0.2) is 0 Å². The fourth-order valence-corrected chi connectivity index (χ4v) is 2.01. The molecule has 0 bridgehead atoms. The van der Waals surface area contributed by atoms with Crippen LogP contribution in [0.3, 0.4) is 0 Å². The molecule has 74 valence electrons. The number of rotatable bonds is 0. The third kappa shape index (κ3) is 1.36. The van der Waals surface area contributed by atoms with Crippen molar-refractivity contribution in [1.82, 2.24) is 15.0 Å². The van der Waals surface area contributed by atoms with Crippen LogP contribution in [0.2, 0.25) is 20.1 Å². The Bertz CT molecular complexity index is 474. The van der Waals surface area contributed by atoms with Crippen LogP contribution >= 0.6 is 46.4 Å². The summed E-state index contributed by atoms with van der Waals surface area (Å²) in [6.45, 7) is 0. The maximum atomic E-state index is 5.93. The van der Waals surface area contributed by atoms with Crippen molar-refractivity contribution in [2.45, 2.75) is 0 Å². The molecule has 0 saturated carbocycles. The average molecular weight is 271 g/mol. The molecule has 1 heterocycles. The Morgan fingerprint density at radius 1 is 0.786 bits per heavy atom. The molecule has 0 amide bonds. The van der Waals surface area contributed by atoms with Gasteiger partial charge in [-0.25, -0.2) is 0 Å². The molecule has 2 aromatic rings. The predicted octanol–water partition coefficient (Wildman–Crippen LogP) is 3.58. The number of aromatic nitrogens is 3. The van der Waals surface area contributed by atoms with Gasteiger partial charge < -0.3 is 0 Å². The van der Waals surface area contributed by atoms with Crippen LogP contribution in [0.5, 0.6) is 0 Å². The van der Waals surface area contributed by atoms with E-state index in [4.69, 9.17) is 46.4 Å². The second kappa shape index (κ2) is 3.42. The van der Waals surface area contributed by atoms with Gasteiger partial charge in [-0.05, 0) is 0 Å². The molecule has 0 radical (unpaired) electrons. The zero-order chi connectivity index (χ0) is 10.5. The minimum absolute atomic E-state index is 0.200. The second-order valence-corrected chi connectivity index (χ2v) is 4.15. The molecule has 1 aromatic heterocycles. The zero-order valence-corrected chi connectivity index (χ0v) is 9.88. The Balaban J connectivity index is 3.01. The lowest BCUT2D eigenvalue weighted by Gasteiger charge is -2.00. The highest BCUT2D eigenvalue weighted by atomic mass is 35.5. The molecule has 7 heteroatoms. The lowest BCUT2D eigenvalue weighted by atomic mass is 10.3. The van der Waals surface area contributed by atoms with Gasteiger partial charge in [0.2, 0.25) is 0 Å². The molecule has 0 aliphatic rings. The van der Waals surface area contributed by atoms with E-state index in [1.807, 2.05) is 0 Å². The number of aryl methyl sites for hydroxylation is 1. The van der Waals surface area contributed by atoms with Gasteiger partial charge in [-0.3, -0.25) is 0 Å². The summed E-state index contributed by atoms with van der Waals surface area (Å²) in [6.07, 6.45) is 0. The van der Waals surface area contributed by atoms with Gasteiger partial charge in [0.25, 0.3) is 0 Å². The van der Waals surface area contributed by atoms with Crippen molar-refractivity contribution in [1.29, 1.82) is 0 Å². The summed E-state index contributed by atoms with van der Waals surface area (Å²) in [5.74, 6) is 0. The minimum atomic E-state index is 0.200. The summed E-state index contributed by atoms with van der Waals surface area (Å²) in [5, 5.41) is 8.98. The Kier molecular flexibility index (Phi) is 2.52. The maximum absolute atomic E-state index is 5.93. The van der Waals surface area contributed by atoms with E-state index in [9.17, 15) is 0 Å². The predicted molar refractivity (Wildman–Crippen MR) is 58.5 cm³/mol. The Hall–Kier alpha value is -0.220. The zero-order valence-electron chi connectivity index (χ0n) is 6.85. The van der Waals surface area contributed by atoms with Crippen molar-refractivity contribution in [3.8, 4) is 0 Å². The van der Waals surface area contributed by atoms with Crippen LogP contribution in [0, 0.1) is 0 Å². The number of hydrogen-bond donors (Lipinski definition) is 0. The Labute approximate surface area is 99.5 Å². The molecule has 0 aliphatic heterocycles. The van der Waals surface area contributed by atoms with E-state index >= 15 is 0 Å². The van der Waals surface area contributed by atoms with Crippen LogP contribution in [-0.4, -0.2) is 15.0 Å². The standard InChI is InChI=1S/C7H3Cl4N3/c1-14-12-6-4(10)2(8)3(9)5(11)7(6)13-14/h1H3. The summed E-state index contributed by atoms with van der Waals surface area (Å²) in [7, 11) is 1.66. The Morgan fingerprint density at radius 2 is 1.14 bits per heavy atom. The number of benzene rings is 1. The Morgan fingerprint density at radius 3 is 1.50 bits per heavy atom. The van der Waals surface area contributed by atoms with Crippen LogP contribution in [0.4, 0.5) is 0 Å². The number of fused-ring (bicyclic) bond motifs is 1. The van der Waals surface area contributed by atoms with Crippen molar-refractivity contribution in [3.63, 3.8) is 0 Å². The fourth-order valence-electron chi connectivity index (χ4n) is 1.10. The molecular weight excluding hydrogens is 268 g/mol. The first-order valence-electron chi connectivity index (χ1n) is 3.55. The molecule has 3 nitrogen and oxygen atoms in total. The van der Waals surface area contributed by atoms with E-state index in [2.05, 4.69) is 10.2 Å². The lowest BCUT2D eigenvalue weighted by molar-refractivity contribution is 0.665. The molecule has 2 rings (SSSR count). The van der Waals surface area contributed by atoms with Gasteiger partial charge in [0.15, 0.2) is 0 Å². The molecule has 0 atom stereocenters. The van der Waals surface area contributed by atoms with Crippen LogP contribution in [-0.2, 0) is 7.05 Å². The van der Waals surface area contributed by atoms with Gasteiger partial charge in [0, 0.05) is 7.05 Å². The molecule has 14 heavy (non-hydrogen) atoms. The molecule has 0 saturated heterocycles. The van der Waals surface area contributed by atoms with Crippen molar-refractivity contribution < 1.29 is 0 Å². The first-order valence-corrected chi connectivity index (χ1v) is 5.06. The summed E-state index contributed by atoms with van der Waals surface area (Å²) < 4.78 is 0. The average Bonchev–Trinajstić information content (AvgIpc) is 2.54. The smallest absolute Gasteiger partial charge is 0.134 e. The molecule has 0 spiro atoms. The van der Waals surface area contributed by atoms with Crippen LogP contribution in [0.1, 0.15) is 0 Å². The first kappa shape index (κ1) is 10.3. The normalized spacial score (nSPS) is 11.2. The summed E-state index contributed by atoms with van der Waals surface area (Å²) in [4.78, 5) is 1.36. The van der Waals surface area contributed by atoms with E-state index in [1.54, 1.807) is 7.05 Å². The highest BCUT2D eigenvalue weighted by Crippen LogP contribution is 2.41. The van der Waals surface area contributed by atoms with Gasteiger partial charge in [-0.15, -0.1) is 0 Å². The number of hydrogen-bond acceptors (Lipinski definition) is 2. The van der Waals surface area contributed by atoms with Gasteiger partial charge in [0.05, 0.1) is 20.1 Å². The van der Waals surface area contributed by atoms with Gasteiger partial charge in [0.1, 0.15) is 11.0 Å². The molecule has 1 aromatic carbocycles. The van der Waals surface area contributed by atoms with Crippen molar-refractivity contribution in [3.05, 3.63) is 20.1 Å². The van der Waals surface area contributed by atoms with E-state index in [0.29, 0.717) is 11.0 Å². The van der Waals surface area contributed by atoms with E-state index < -0.39 is 0 Å². The van der Waals surface area contributed by atoms with E-state index in [-0.39, 0.29) is 20.1 Å². The van der Waals surface area contributed by atoms with Crippen LogP contribution < -0.4 is 0 Å². The van der Waals surface area contributed by atoms with E-state index in [0.717, 1.165) is 0 Å². The fraction of sp³-hybridized carbons (Fsp3) is 0.143. The van der Waals surface area contributed by atoms with Crippen molar-refractivity contribution >= 4 is 57.4 Å². The van der Waals surface area contributed by atoms with Gasteiger partial charge >= 0.3 is 0 Å². The quantitative estimate of drug-likeness (QED) is 0.541. The summed E-state index contributed by atoms with van der Waals surface area (Å²) >= 11 is 23.5. The molecular formula is C7H3Cl4N3.